The van der Waals surface area contributed by atoms with Gasteiger partial charge in [-0.1, -0.05) is 48.0 Å². The van der Waals surface area contributed by atoms with Crippen molar-refractivity contribution in [1.82, 2.24) is 5.32 Å². The summed E-state index contributed by atoms with van der Waals surface area (Å²) in [4.78, 5) is 0. The molecule has 0 aliphatic heterocycles. The maximum atomic E-state index is 13.8. The lowest BCUT2D eigenvalue weighted by atomic mass is 10.1. The predicted molar refractivity (Wildman–Crippen MR) is 75.1 cm³/mol. The molecule has 1 atom stereocenters. The van der Waals surface area contributed by atoms with Crippen molar-refractivity contribution in [2.45, 2.75) is 6.10 Å². The molecule has 0 aromatic heterocycles. The van der Waals surface area contributed by atoms with Crippen LogP contribution in [0, 0.1) is 5.82 Å². The second kappa shape index (κ2) is 6.55. The lowest BCUT2D eigenvalue weighted by Gasteiger charge is -2.19. The monoisotopic (exact) mass is 279 g/mol. The van der Waals surface area contributed by atoms with E-state index in [1.807, 2.05) is 37.4 Å². The summed E-state index contributed by atoms with van der Waals surface area (Å²) in [6.07, 6.45) is -0.265. The highest BCUT2D eigenvalue weighted by atomic mass is 35.5. The van der Waals surface area contributed by atoms with Crippen LogP contribution in [-0.4, -0.2) is 13.6 Å². The number of halogens is 2. The molecule has 100 valence electrons. The van der Waals surface area contributed by atoms with Gasteiger partial charge in [0.15, 0.2) is 11.6 Å². The molecule has 1 N–H and O–H groups in total. The van der Waals surface area contributed by atoms with E-state index in [2.05, 4.69) is 5.32 Å². The highest BCUT2D eigenvalue weighted by molar-refractivity contribution is 6.30. The van der Waals surface area contributed by atoms with Crippen molar-refractivity contribution in [3.05, 3.63) is 64.9 Å². The molecule has 2 aromatic carbocycles. The van der Waals surface area contributed by atoms with Crippen molar-refractivity contribution in [1.29, 1.82) is 0 Å². The molecular formula is C15H15ClFNO. The Hall–Kier alpha value is -1.58. The molecular weight excluding hydrogens is 265 g/mol. The fraction of sp³-hybridized carbons (Fsp3) is 0.200. The van der Waals surface area contributed by atoms with Crippen LogP contribution in [0.4, 0.5) is 4.39 Å². The van der Waals surface area contributed by atoms with Gasteiger partial charge in [0.25, 0.3) is 0 Å². The molecule has 0 radical (unpaired) electrons. The summed E-state index contributed by atoms with van der Waals surface area (Å²) in [5, 5.41) is 3.10. The summed E-state index contributed by atoms with van der Waals surface area (Å²) in [5.41, 5.74) is 0.983. The van der Waals surface area contributed by atoms with Gasteiger partial charge in [-0.15, -0.1) is 0 Å². The fourth-order valence-electron chi connectivity index (χ4n) is 1.81. The first-order valence-electron chi connectivity index (χ1n) is 6.02. The molecule has 2 aromatic rings. The van der Waals surface area contributed by atoms with E-state index in [1.54, 1.807) is 12.1 Å². The first-order chi connectivity index (χ1) is 9.22. The van der Waals surface area contributed by atoms with E-state index in [9.17, 15) is 4.39 Å². The van der Waals surface area contributed by atoms with Gasteiger partial charge in [-0.05, 0) is 24.7 Å². The molecule has 2 nitrogen and oxygen atoms in total. The number of benzene rings is 2. The molecule has 0 aliphatic rings. The van der Waals surface area contributed by atoms with Crippen LogP contribution in [0.25, 0.3) is 0 Å². The molecule has 4 heteroatoms. The molecule has 0 aliphatic carbocycles. The molecule has 0 spiro atoms. The minimum absolute atomic E-state index is 0.0637. The van der Waals surface area contributed by atoms with Gasteiger partial charge in [-0.3, -0.25) is 0 Å². The second-order valence-corrected chi connectivity index (χ2v) is 4.53. The fourth-order valence-corrected chi connectivity index (χ4v) is 1.97. The third-order valence-electron chi connectivity index (χ3n) is 2.75. The van der Waals surface area contributed by atoms with E-state index in [-0.39, 0.29) is 16.9 Å². The SMILES string of the molecule is CNCC(Oc1cccc(Cl)c1F)c1ccccc1. The van der Waals surface area contributed by atoms with E-state index >= 15 is 0 Å². The zero-order chi connectivity index (χ0) is 13.7. The van der Waals surface area contributed by atoms with Gasteiger partial charge >= 0.3 is 0 Å². The smallest absolute Gasteiger partial charge is 0.183 e. The number of hydrogen-bond donors (Lipinski definition) is 1. The number of nitrogens with one attached hydrogen (secondary N) is 1. The Morgan fingerprint density at radius 1 is 1.16 bits per heavy atom. The molecule has 0 amide bonds. The Labute approximate surface area is 117 Å². The Balaban J connectivity index is 2.24. The number of ether oxygens (including phenoxy) is 1. The van der Waals surface area contributed by atoms with E-state index in [0.717, 1.165) is 5.56 Å². The summed E-state index contributed by atoms with van der Waals surface area (Å²) in [7, 11) is 1.83. The Bertz CT molecular complexity index is 533. The van der Waals surface area contributed by atoms with Gasteiger partial charge in [0.05, 0.1) is 5.02 Å². The van der Waals surface area contributed by atoms with Crippen molar-refractivity contribution in [3.63, 3.8) is 0 Å². The zero-order valence-electron chi connectivity index (χ0n) is 10.6. The Kier molecular flexibility index (Phi) is 4.77. The topological polar surface area (TPSA) is 21.3 Å². The second-order valence-electron chi connectivity index (χ2n) is 4.13. The summed E-state index contributed by atoms with van der Waals surface area (Å²) in [6, 6.07) is 14.4. The lowest BCUT2D eigenvalue weighted by molar-refractivity contribution is 0.196. The molecule has 2 rings (SSSR count). The summed E-state index contributed by atoms with van der Waals surface area (Å²) >= 11 is 5.75. The average molecular weight is 280 g/mol. The number of hydrogen-bond acceptors (Lipinski definition) is 2. The van der Waals surface area contributed by atoms with Gasteiger partial charge in [-0.2, -0.15) is 0 Å². The van der Waals surface area contributed by atoms with Crippen LogP contribution in [0.3, 0.4) is 0 Å². The maximum absolute atomic E-state index is 13.8. The predicted octanol–water partition coefficient (Wildman–Crippen LogP) is 3.82. The minimum atomic E-state index is -0.527. The van der Waals surface area contributed by atoms with Crippen LogP contribution in [0.1, 0.15) is 11.7 Å². The molecule has 0 saturated heterocycles. The van der Waals surface area contributed by atoms with Gasteiger partial charge in [-0.25, -0.2) is 4.39 Å². The normalized spacial score (nSPS) is 12.2. The minimum Gasteiger partial charge on any atom is -0.481 e. The van der Waals surface area contributed by atoms with Crippen LogP contribution in [0.2, 0.25) is 5.02 Å². The van der Waals surface area contributed by atoms with Crippen LogP contribution >= 0.6 is 11.6 Å². The Morgan fingerprint density at radius 3 is 2.58 bits per heavy atom. The van der Waals surface area contributed by atoms with E-state index in [0.29, 0.717) is 6.54 Å². The van der Waals surface area contributed by atoms with Gasteiger partial charge in [0.2, 0.25) is 0 Å². The summed E-state index contributed by atoms with van der Waals surface area (Å²) in [5.74, 6) is -0.363. The van der Waals surface area contributed by atoms with Crippen LogP contribution < -0.4 is 10.1 Å². The number of likely N-dealkylation sites (N-methyl/N-ethyl adjacent to an activating group) is 1. The largest absolute Gasteiger partial charge is 0.481 e. The van der Waals surface area contributed by atoms with E-state index < -0.39 is 5.82 Å². The standard InChI is InChI=1S/C15H15ClFNO/c1-18-10-14(11-6-3-2-4-7-11)19-13-9-5-8-12(16)15(13)17/h2-9,14,18H,10H2,1H3. The summed E-state index contributed by atoms with van der Waals surface area (Å²) in [6.45, 7) is 0.579. The van der Waals surface area contributed by atoms with E-state index in [4.69, 9.17) is 16.3 Å². The van der Waals surface area contributed by atoms with Crippen molar-refractivity contribution in [2.24, 2.45) is 0 Å². The molecule has 0 bridgehead atoms. The highest BCUT2D eigenvalue weighted by Gasteiger charge is 2.15. The zero-order valence-corrected chi connectivity index (χ0v) is 11.3. The third kappa shape index (κ3) is 3.46. The Morgan fingerprint density at radius 2 is 1.89 bits per heavy atom. The highest BCUT2D eigenvalue weighted by Crippen LogP contribution is 2.28. The molecule has 0 fully saturated rings. The van der Waals surface area contributed by atoms with Crippen LogP contribution in [0.15, 0.2) is 48.5 Å². The number of rotatable bonds is 5. The van der Waals surface area contributed by atoms with Gasteiger partial charge < -0.3 is 10.1 Å². The van der Waals surface area contributed by atoms with Crippen molar-refractivity contribution in [2.75, 3.05) is 13.6 Å². The molecule has 19 heavy (non-hydrogen) atoms. The molecule has 0 saturated carbocycles. The third-order valence-corrected chi connectivity index (χ3v) is 3.04. The van der Waals surface area contributed by atoms with E-state index in [1.165, 1.54) is 6.07 Å². The van der Waals surface area contributed by atoms with Crippen molar-refractivity contribution < 1.29 is 9.13 Å². The van der Waals surface area contributed by atoms with Gasteiger partial charge in [0.1, 0.15) is 6.10 Å². The van der Waals surface area contributed by atoms with Crippen molar-refractivity contribution in [3.8, 4) is 5.75 Å². The molecule has 1 unspecified atom stereocenters. The first kappa shape index (κ1) is 13.8. The van der Waals surface area contributed by atoms with Crippen LogP contribution in [0.5, 0.6) is 5.75 Å². The maximum Gasteiger partial charge on any atom is 0.183 e. The quantitative estimate of drug-likeness (QED) is 0.898. The summed E-state index contributed by atoms with van der Waals surface area (Å²) < 4.78 is 19.6. The van der Waals surface area contributed by atoms with Gasteiger partial charge in [0, 0.05) is 6.54 Å². The molecule has 0 heterocycles. The average Bonchev–Trinajstić information content (AvgIpc) is 2.44. The van der Waals surface area contributed by atoms with Crippen molar-refractivity contribution >= 4 is 11.6 Å². The first-order valence-corrected chi connectivity index (χ1v) is 6.40. The lowest BCUT2D eigenvalue weighted by Crippen LogP contribution is -2.22. The van der Waals surface area contributed by atoms with Crippen LogP contribution in [-0.2, 0) is 0 Å².